The monoisotopic (exact) mass is 224 g/mol. The van der Waals surface area contributed by atoms with Crippen molar-refractivity contribution in [2.75, 3.05) is 13.1 Å². The molecule has 1 saturated carbocycles. The van der Waals surface area contributed by atoms with Crippen molar-refractivity contribution in [2.24, 2.45) is 5.92 Å². The zero-order chi connectivity index (χ0) is 11.4. The second-order valence-electron chi connectivity index (χ2n) is 4.82. The van der Waals surface area contributed by atoms with Gasteiger partial charge in [0.2, 0.25) is 5.91 Å². The van der Waals surface area contributed by atoms with Crippen LogP contribution in [0.3, 0.4) is 0 Å². The number of hydrogen-bond donors (Lipinski definition) is 1. The fourth-order valence-corrected chi connectivity index (χ4v) is 2.57. The number of amides is 3. The molecule has 3 amide bonds. The largest absolute Gasteiger partial charge is 0.324 e. The van der Waals surface area contributed by atoms with Crippen LogP contribution in [0.2, 0.25) is 0 Å². The molecule has 0 radical (unpaired) electrons. The summed E-state index contributed by atoms with van der Waals surface area (Å²) in [6.07, 6.45) is 7.48. The highest BCUT2D eigenvalue weighted by molar-refractivity contribution is 5.95. The Balaban J connectivity index is 1.79. The number of likely N-dealkylation sites (tertiary alicyclic amines) is 1. The van der Waals surface area contributed by atoms with E-state index in [1.165, 1.54) is 6.42 Å². The fourth-order valence-electron chi connectivity index (χ4n) is 2.57. The van der Waals surface area contributed by atoms with E-state index in [4.69, 9.17) is 0 Å². The molecule has 0 aromatic rings. The van der Waals surface area contributed by atoms with E-state index in [2.05, 4.69) is 5.32 Å². The molecule has 0 atom stereocenters. The lowest BCUT2D eigenvalue weighted by Gasteiger charge is -2.22. The van der Waals surface area contributed by atoms with Crippen LogP contribution in [0.1, 0.15) is 44.9 Å². The summed E-state index contributed by atoms with van der Waals surface area (Å²) < 4.78 is 0. The Hall–Kier alpha value is -1.06. The van der Waals surface area contributed by atoms with Crippen LogP contribution < -0.4 is 5.32 Å². The van der Waals surface area contributed by atoms with Crippen molar-refractivity contribution in [2.45, 2.75) is 44.9 Å². The first-order chi connectivity index (χ1) is 7.77. The van der Waals surface area contributed by atoms with Crippen molar-refractivity contribution in [1.82, 2.24) is 10.2 Å². The molecule has 2 fully saturated rings. The van der Waals surface area contributed by atoms with Gasteiger partial charge in [0, 0.05) is 19.0 Å². The summed E-state index contributed by atoms with van der Waals surface area (Å²) in [4.78, 5) is 25.2. The highest BCUT2D eigenvalue weighted by Crippen LogP contribution is 2.23. The predicted molar refractivity (Wildman–Crippen MR) is 60.9 cm³/mol. The second-order valence-corrected chi connectivity index (χ2v) is 4.82. The fraction of sp³-hybridized carbons (Fsp3) is 0.833. The molecule has 1 heterocycles. The topological polar surface area (TPSA) is 49.4 Å². The molecule has 1 aliphatic heterocycles. The van der Waals surface area contributed by atoms with E-state index in [0.717, 1.165) is 51.6 Å². The standard InChI is InChI=1S/C12H20N2O2/c15-11(10-6-2-1-3-7-10)13-12(16)14-8-4-5-9-14/h10H,1-9H2,(H,13,15,16). The summed E-state index contributed by atoms with van der Waals surface area (Å²) in [6.45, 7) is 1.59. The van der Waals surface area contributed by atoms with Gasteiger partial charge in [0.25, 0.3) is 0 Å². The minimum absolute atomic E-state index is 0.0587. The molecule has 0 spiro atoms. The van der Waals surface area contributed by atoms with E-state index in [9.17, 15) is 9.59 Å². The molecular formula is C12H20N2O2. The summed E-state index contributed by atoms with van der Waals surface area (Å²) >= 11 is 0. The summed E-state index contributed by atoms with van der Waals surface area (Å²) in [5.74, 6) is 0.0110. The Morgan fingerprint density at radius 2 is 1.56 bits per heavy atom. The van der Waals surface area contributed by atoms with Crippen molar-refractivity contribution in [3.05, 3.63) is 0 Å². The first-order valence-corrected chi connectivity index (χ1v) is 6.37. The van der Waals surface area contributed by atoms with Crippen LogP contribution in [0, 0.1) is 5.92 Å². The maximum Gasteiger partial charge on any atom is 0.324 e. The Morgan fingerprint density at radius 1 is 0.938 bits per heavy atom. The third-order valence-corrected chi connectivity index (χ3v) is 3.60. The molecule has 0 bridgehead atoms. The van der Waals surface area contributed by atoms with Gasteiger partial charge in [0.05, 0.1) is 0 Å². The molecule has 4 nitrogen and oxygen atoms in total. The third-order valence-electron chi connectivity index (χ3n) is 3.60. The van der Waals surface area contributed by atoms with Crippen LogP contribution >= 0.6 is 0 Å². The number of carbonyl (C=O) groups is 2. The average Bonchev–Trinajstić information content (AvgIpc) is 2.83. The van der Waals surface area contributed by atoms with E-state index in [-0.39, 0.29) is 17.9 Å². The van der Waals surface area contributed by atoms with Gasteiger partial charge in [0.1, 0.15) is 0 Å². The minimum atomic E-state index is -0.187. The van der Waals surface area contributed by atoms with Gasteiger partial charge in [0.15, 0.2) is 0 Å². The first kappa shape index (κ1) is 11.4. The number of nitrogens with one attached hydrogen (secondary N) is 1. The molecular weight excluding hydrogens is 204 g/mol. The van der Waals surface area contributed by atoms with E-state index in [0.29, 0.717) is 0 Å². The molecule has 2 rings (SSSR count). The zero-order valence-corrected chi connectivity index (χ0v) is 9.71. The highest BCUT2D eigenvalue weighted by atomic mass is 16.2. The number of imide groups is 1. The van der Waals surface area contributed by atoms with Gasteiger partial charge in [-0.2, -0.15) is 0 Å². The van der Waals surface area contributed by atoms with Gasteiger partial charge in [-0.3, -0.25) is 10.1 Å². The molecule has 16 heavy (non-hydrogen) atoms. The summed E-state index contributed by atoms with van der Waals surface area (Å²) in [6, 6.07) is -0.187. The number of nitrogens with zero attached hydrogens (tertiary/aromatic N) is 1. The molecule has 0 aromatic heterocycles. The normalized spacial score (nSPS) is 22.1. The molecule has 1 N–H and O–H groups in total. The Kier molecular flexibility index (Phi) is 3.80. The van der Waals surface area contributed by atoms with E-state index >= 15 is 0 Å². The molecule has 4 heteroatoms. The van der Waals surface area contributed by atoms with Crippen molar-refractivity contribution in [3.63, 3.8) is 0 Å². The van der Waals surface area contributed by atoms with E-state index in [1.54, 1.807) is 4.90 Å². The van der Waals surface area contributed by atoms with Crippen LogP contribution in [0.15, 0.2) is 0 Å². The average molecular weight is 224 g/mol. The molecule has 1 saturated heterocycles. The quantitative estimate of drug-likeness (QED) is 0.739. The smallest absolute Gasteiger partial charge is 0.324 e. The number of rotatable bonds is 1. The summed E-state index contributed by atoms with van der Waals surface area (Å²) in [5.41, 5.74) is 0. The van der Waals surface area contributed by atoms with E-state index in [1.807, 2.05) is 0 Å². The van der Waals surface area contributed by atoms with Gasteiger partial charge in [-0.05, 0) is 25.7 Å². The van der Waals surface area contributed by atoms with Crippen LogP contribution in [-0.2, 0) is 4.79 Å². The van der Waals surface area contributed by atoms with Crippen molar-refractivity contribution in [3.8, 4) is 0 Å². The lowest BCUT2D eigenvalue weighted by Crippen LogP contribution is -2.44. The summed E-state index contributed by atoms with van der Waals surface area (Å²) in [5, 5.41) is 2.54. The highest BCUT2D eigenvalue weighted by Gasteiger charge is 2.25. The van der Waals surface area contributed by atoms with Gasteiger partial charge < -0.3 is 4.90 Å². The van der Waals surface area contributed by atoms with Gasteiger partial charge >= 0.3 is 6.03 Å². The third kappa shape index (κ3) is 2.74. The molecule has 90 valence electrons. The first-order valence-electron chi connectivity index (χ1n) is 6.37. The number of carbonyl (C=O) groups excluding carboxylic acids is 2. The van der Waals surface area contributed by atoms with Crippen molar-refractivity contribution < 1.29 is 9.59 Å². The summed E-state index contributed by atoms with van der Waals surface area (Å²) in [7, 11) is 0. The van der Waals surface area contributed by atoms with E-state index < -0.39 is 0 Å². The molecule has 2 aliphatic rings. The van der Waals surface area contributed by atoms with Gasteiger partial charge in [-0.15, -0.1) is 0 Å². The number of hydrogen-bond acceptors (Lipinski definition) is 2. The zero-order valence-electron chi connectivity index (χ0n) is 9.71. The van der Waals surface area contributed by atoms with Crippen molar-refractivity contribution in [1.29, 1.82) is 0 Å². The van der Waals surface area contributed by atoms with Gasteiger partial charge in [-0.1, -0.05) is 19.3 Å². The SMILES string of the molecule is O=C(NC(=O)N1CCCC1)C1CCCCC1. The predicted octanol–water partition coefficient (Wildman–Crippen LogP) is 1.90. The van der Waals surface area contributed by atoms with Crippen molar-refractivity contribution >= 4 is 11.9 Å². The lowest BCUT2D eigenvalue weighted by atomic mass is 9.89. The Morgan fingerprint density at radius 3 is 2.19 bits per heavy atom. The van der Waals surface area contributed by atoms with Crippen LogP contribution in [0.25, 0.3) is 0 Å². The Labute approximate surface area is 96.4 Å². The molecule has 0 aromatic carbocycles. The van der Waals surface area contributed by atoms with Crippen LogP contribution in [-0.4, -0.2) is 29.9 Å². The maximum absolute atomic E-state index is 11.8. The van der Waals surface area contributed by atoms with Crippen LogP contribution in [0.5, 0.6) is 0 Å². The Bertz CT molecular complexity index is 266. The number of urea groups is 1. The lowest BCUT2D eigenvalue weighted by molar-refractivity contribution is -0.124. The van der Waals surface area contributed by atoms with Crippen LogP contribution in [0.4, 0.5) is 4.79 Å². The molecule has 1 aliphatic carbocycles. The minimum Gasteiger partial charge on any atom is -0.324 e. The van der Waals surface area contributed by atoms with Gasteiger partial charge in [-0.25, -0.2) is 4.79 Å². The maximum atomic E-state index is 11.8. The second kappa shape index (κ2) is 5.32. The molecule has 0 unspecified atom stereocenters.